The summed E-state index contributed by atoms with van der Waals surface area (Å²) in [6.07, 6.45) is 5.92. The molecule has 0 aromatic heterocycles. The minimum Gasteiger partial charge on any atom is -0.329 e. The summed E-state index contributed by atoms with van der Waals surface area (Å²) in [6.45, 7) is 1.87. The molecule has 0 aliphatic heterocycles. The Morgan fingerprint density at radius 1 is 1.53 bits per heavy atom. The smallest absolute Gasteiger partial charge is 0.328 e. The van der Waals surface area contributed by atoms with Crippen LogP contribution in [0.15, 0.2) is 12.3 Å². The Hall–Kier alpha value is -1.36. The van der Waals surface area contributed by atoms with Crippen LogP contribution in [0.4, 0.5) is 4.79 Å². The molecule has 0 spiro atoms. The third kappa shape index (κ3) is 4.12. The quantitative estimate of drug-likeness (QED) is 0.708. The van der Waals surface area contributed by atoms with Gasteiger partial charge in [0.25, 0.3) is 0 Å². The summed E-state index contributed by atoms with van der Waals surface area (Å²) in [5.41, 5.74) is 5.30. The molecule has 1 aliphatic rings. The highest BCUT2D eigenvalue weighted by Crippen LogP contribution is 2.29. The van der Waals surface area contributed by atoms with Gasteiger partial charge >= 0.3 is 6.03 Å². The summed E-state index contributed by atoms with van der Waals surface area (Å²) in [4.78, 5) is 23.6. The van der Waals surface area contributed by atoms with Crippen LogP contribution in [0, 0.1) is 5.92 Å². The Morgan fingerprint density at radius 2 is 2.20 bits per heavy atom. The van der Waals surface area contributed by atoms with Crippen molar-refractivity contribution in [1.82, 2.24) is 10.2 Å². The van der Waals surface area contributed by atoms with Gasteiger partial charge in [0.05, 0.1) is 0 Å². The zero-order valence-corrected chi connectivity index (χ0v) is 8.90. The van der Waals surface area contributed by atoms with E-state index in [0.717, 1.165) is 4.90 Å². The lowest BCUT2D eigenvalue weighted by molar-refractivity contribution is -0.125. The van der Waals surface area contributed by atoms with Gasteiger partial charge in [-0.05, 0) is 18.8 Å². The van der Waals surface area contributed by atoms with Gasteiger partial charge in [0, 0.05) is 26.2 Å². The molecular weight excluding hydrogens is 194 g/mol. The first-order chi connectivity index (χ1) is 7.15. The van der Waals surface area contributed by atoms with Gasteiger partial charge in [-0.25, -0.2) is 4.79 Å². The van der Waals surface area contributed by atoms with Crippen LogP contribution in [0.5, 0.6) is 0 Å². The van der Waals surface area contributed by atoms with Crippen molar-refractivity contribution in [3.63, 3.8) is 0 Å². The summed E-state index contributed by atoms with van der Waals surface area (Å²) in [5.74, 6) is 0.309. The maximum Gasteiger partial charge on any atom is 0.328 e. The number of nitrogens with two attached hydrogens (primary N) is 1. The number of urea groups is 1. The molecule has 1 saturated carbocycles. The Balaban J connectivity index is 2.36. The molecule has 5 nitrogen and oxygen atoms in total. The number of nitrogens with zero attached hydrogens (tertiary/aromatic N) is 1. The molecule has 0 heterocycles. The van der Waals surface area contributed by atoms with Gasteiger partial charge in [0.2, 0.25) is 5.91 Å². The van der Waals surface area contributed by atoms with E-state index in [1.54, 1.807) is 6.20 Å². The first kappa shape index (κ1) is 11.7. The zero-order chi connectivity index (χ0) is 11.3. The van der Waals surface area contributed by atoms with E-state index in [4.69, 9.17) is 5.73 Å². The SMILES string of the molecule is CC(=O)N(CCN)C(=O)N/C=C/C1CC1. The number of amides is 3. The van der Waals surface area contributed by atoms with Crippen molar-refractivity contribution in [2.75, 3.05) is 13.1 Å². The molecule has 1 aliphatic carbocycles. The minimum atomic E-state index is -0.412. The molecule has 0 aromatic carbocycles. The average Bonchev–Trinajstić information content (AvgIpc) is 2.97. The van der Waals surface area contributed by atoms with Crippen molar-refractivity contribution in [3.05, 3.63) is 12.3 Å². The van der Waals surface area contributed by atoms with Crippen LogP contribution in [-0.2, 0) is 4.79 Å². The number of rotatable bonds is 4. The van der Waals surface area contributed by atoms with Crippen molar-refractivity contribution in [2.45, 2.75) is 19.8 Å². The molecule has 3 N–H and O–H groups in total. The molecule has 0 atom stereocenters. The zero-order valence-electron chi connectivity index (χ0n) is 8.90. The molecule has 0 aromatic rings. The molecule has 1 rings (SSSR count). The van der Waals surface area contributed by atoms with Crippen molar-refractivity contribution >= 4 is 11.9 Å². The van der Waals surface area contributed by atoms with Crippen molar-refractivity contribution in [1.29, 1.82) is 0 Å². The van der Waals surface area contributed by atoms with Gasteiger partial charge < -0.3 is 11.1 Å². The van der Waals surface area contributed by atoms with Crippen LogP contribution < -0.4 is 11.1 Å². The number of carbonyl (C=O) groups excluding carboxylic acids is 2. The lowest BCUT2D eigenvalue weighted by Gasteiger charge is -2.17. The van der Waals surface area contributed by atoms with E-state index in [-0.39, 0.29) is 19.0 Å². The van der Waals surface area contributed by atoms with E-state index in [1.807, 2.05) is 6.08 Å². The highest BCUT2D eigenvalue weighted by molar-refractivity contribution is 5.93. The molecule has 5 heteroatoms. The molecule has 3 amide bonds. The van der Waals surface area contributed by atoms with E-state index in [2.05, 4.69) is 5.32 Å². The molecule has 0 bridgehead atoms. The Labute approximate surface area is 89.3 Å². The van der Waals surface area contributed by atoms with Gasteiger partial charge in [-0.15, -0.1) is 0 Å². The lowest BCUT2D eigenvalue weighted by Crippen LogP contribution is -2.43. The summed E-state index contributed by atoms with van der Waals surface area (Å²) in [6, 6.07) is -0.412. The summed E-state index contributed by atoms with van der Waals surface area (Å²) in [5, 5.41) is 2.55. The van der Waals surface area contributed by atoms with Gasteiger partial charge in [0.15, 0.2) is 0 Å². The van der Waals surface area contributed by atoms with Gasteiger partial charge in [-0.1, -0.05) is 6.08 Å². The Kier molecular flexibility index (Phi) is 4.30. The van der Waals surface area contributed by atoms with E-state index < -0.39 is 6.03 Å². The topological polar surface area (TPSA) is 75.4 Å². The van der Waals surface area contributed by atoms with E-state index >= 15 is 0 Å². The third-order valence-electron chi connectivity index (χ3n) is 2.18. The van der Waals surface area contributed by atoms with Gasteiger partial charge in [-0.3, -0.25) is 9.69 Å². The van der Waals surface area contributed by atoms with E-state index in [1.165, 1.54) is 19.8 Å². The van der Waals surface area contributed by atoms with Crippen LogP contribution in [0.1, 0.15) is 19.8 Å². The van der Waals surface area contributed by atoms with Crippen LogP contribution in [0.3, 0.4) is 0 Å². The fourth-order valence-electron chi connectivity index (χ4n) is 1.15. The number of allylic oxidation sites excluding steroid dienone is 1. The molecular formula is C10H17N3O2. The second kappa shape index (κ2) is 5.50. The molecule has 0 radical (unpaired) electrons. The second-order valence-electron chi connectivity index (χ2n) is 3.61. The number of nitrogens with one attached hydrogen (secondary N) is 1. The highest BCUT2D eigenvalue weighted by Gasteiger charge is 2.18. The van der Waals surface area contributed by atoms with Gasteiger partial charge in [0.1, 0.15) is 0 Å². The molecule has 0 unspecified atom stereocenters. The van der Waals surface area contributed by atoms with Crippen LogP contribution >= 0.6 is 0 Å². The first-order valence-corrected chi connectivity index (χ1v) is 5.10. The molecule has 84 valence electrons. The van der Waals surface area contributed by atoms with Crippen molar-refractivity contribution < 1.29 is 9.59 Å². The third-order valence-corrected chi connectivity index (χ3v) is 2.18. The minimum absolute atomic E-state index is 0.248. The monoisotopic (exact) mass is 211 g/mol. The number of imide groups is 1. The normalized spacial score (nSPS) is 15.3. The van der Waals surface area contributed by atoms with Crippen molar-refractivity contribution in [3.8, 4) is 0 Å². The second-order valence-corrected chi connectivity index (χ2v) is 3.61. The number of hydrogen-bond donors (Lipinski definition) is 2. The predicted molar refractivity (Wildman–Crippen MR) is 56.8 cm³/mol. The first-order valence-electron chi connectivity index (χ1n) is 5.10. The molecule has 0 saturated heterocycles. The number of hydrogen-bond acceptors (Lipinski definition) is 3. The summed E-state index contributed by atoms with van der Waals surface area (Å²) < 4.78 is 0. The average molecular weight is 211 g/mol. The van der Waals surface area contributed by atoms with E-state index in [0.29, 0.717) is 5.92 Å². The standard InChI is InChI=1S/C10H17N3O2/c1-8(14)13(7-5-11)10(15)12-6-4-9-2-3-9/h4,6,9H,2-3,5,7,11H2,1H3,(H,12,15)/b6-4+. The maximum atomic E-state index is 11.5. The predicted octanol–water partition coefficient (Wildman–Crippen LogP) is 0.427. The fourth-order valence-corrected chi connectivity index (χ4v) is 1.15. The molecule has 1 fully saturated rings. The Morgan fingerprint density at radius 3 is 2.67 bits per heavy atom. The van der Waals surface area contributed by atoms with Crippen LogP contribution in [0.2, 0.25) is 0 Å². The fraction of sp³-hybridized carbons (Fsp3) is 0.600. The largest absolute Gasteiger partial charge is 0.329 e. The number of carbonyl (C=O) groups is 2. The van der Waals surface area contributed by atoms with Crippen LogP contribution in [-0.4, -0.2) is 29.9 Å². The van der Waals surface area contributed by atoms with Gasteiger partial charge in [-0.2, -0.15) is 0 Å². The van der Waals surface area contributed by atoms with Crippen LogP contribution in [0.25, 0.3) is 0 Å². The summed E-state index contributed by atoms with van der Waals surface area (Å²) in [7, 11) is 0. The summed E-state index contributed by atoms with van der Waals surface area (Å²) >= 11 is 0. The maximum absolute atomic E-state index is 11.5. The Bertz CT molecular complexity index is 272. The molecule has 15 heavy (non-hydrogen) atoms. The van der Waals surface area contributed by atoms with E-state index in [9.17, 15) is 9.59 Å². The lowest BCUT2D eigenvalue weighted by atomic mass is 10.4. The highest BCUT2D eigenvalue weighted by atomic mass is 16.2. The van der Waals surface area contributed by atoms with Crippen molar-refractivity contribution in [2.24, 2.45) is 11.7 Å².